The van der Waals surface area contributed by atoms with Gasteiger partial charge in [-0.05, 0) is 73.9 Å². The van der Waals surface area contributed by atoms with Crippen LogP contribution in [0.15, 0.2) is 0 Å². The molecule has 3 heterocycles. The molecule has 298 valence electrons. The standard InChI is InChI=1S/C38H69NO12/c1-15-27-38(10,45)31(42)23(6)29(40)19(2)17-37(9,47-14)33(51-35-30(41)25(39(11)12)16-20(3)48-35)21(4)28(22(5)34(44)50-27)26-18-36(8,46-13)32(43)24(7)49-26/h19-28,30-33,35,41-43,45H,15-18H2,1-14H3/t19-,20-,21+,22-,23+,24+,25+,26?,27-,28+,30-,31-,32+,33-,35+,36-,37-,38-/m1/s1. The molecule has 0 saturated carbocycles. The van der Waals surface area contributed by atoms with Gasteiger partial charge in [0, 0.05) is 44.4 Å². The molecule has 3 aliphatic rings. The molecule has 0 amide bonds. The molecule has 0 spiro atoms. The molecule has 13 heteroatoms. The van der Waals surface area contributed by atoms with Crippen LogP contribution in [0, 0.1) is 29.6 Å². The van der Waals surface area contributed by atoms with Gasteiger partial charge in [0.05, 0.1) is 47.6 Å². The molecule has 0 radical (unpaired) electrons. The summed E-state index contributed by atoms with van der Waals surface area (Å²) in [5.74, 6) is -4.72. The van der Waals surface area contributed by atoms with E-state index in [-0.39, 0.29) is 37.2 Å². The lowest BCUT2D eigenvalue weighted by Gasteiger charge is -2.52. The Morgan fingerprint density at radius 1 is 0.863 bits per heavy atom. The summed E-state index contributed by atoms with van der Waals surface area (Å²) in [6.45, 7) is 17.5. The number of nitrogens with zero attached hydrogens (tertiary/aromatic N) is 1. The number of ether oxygens (including phenoxy) is 6. The fourth-order valence-corrected chi connectivity index (χ4v) is 9.13. The summed E-state index contributed by atoms with van der Waals surface area (Å²) in [7, 11) is 6.85. The van der Waals surface area contributed by atoms with Gasteiger partial charge in [-0.2, -0.15) is 0 Å². The second kappa shape index (κ2) is 17.0. The Hall–Kier alpha value is -1.26. The van der Waals surface area contributed by atoms with E-state index in [1.54, 1.807) is 34.6 Å². The molecule has 0 aromatic heterocycles. The summed E-state index contributed by atoms with van der Waals surface area (Å²) in [4.78, 5) is 30.2. The van der Waals surface area contributed by atoms with E-state index in [2.05, 4.69) is 0 Å². The van der Waals surface area contributed by atoms with E-state index in [4.69, 9.17) is 28.4 Å². The number of ketones is 1. The third kappa shape index (κ3) is 9.01. The second-order valence-corrected chi connectivity index (χ2v) is 16.7. The van der Waals surface area contributed by atoms with Crippen molar-refractivity contribution in [1.82, 2.24) is 4.90 Å². The van der Waals surface area contributed by atoms with Crippen LogP contribution in [0.25, 0.3) is 0 Å². The topological polar surface area (TPSA) is 174 Å². The van der Waals surface area contributed by atoms with E-state index in [0.29, 0.717) is 6.42 Å². The Morgan fingerprint density at radius 2 is 1.45 bits per heavy atom. The van der Waals surface area contributed by atoms with Gasteiger partial charge in [-0.1, -0.05) is 34.6 Å². The smallest absolute Gasteiger partial charge is 0.309 e. The number of carbonyl (C=O) groups excluding carboxylic acids is 2. The SMILES string of the molecule is CC[C@H]1OC(=O)[C@H](C)[C@@H](C2C[C@@](C)(OC)[C@@H](O)[C@H](C)O2)[C@H](C)[C@@H](O[C@@H]2O[C@H](C)C[C@H](N(C)C)[C@H]2O)[C@](C)(OC)C[C@@H](C)C(=O)[C@H](C)[C@@H](O)[C@]1(C)O. The van der Waals surface area contributed by atoms with Gasteiger partial charge in [-0.3, -0.25) is 9.59 Å². The molecule has 0 aromatic carbocycles. The van der Waals surface area contributed by atoms with Gasteiger partial charge in [-0.25, -0.2) is 0 Å². The van der Waals surface area contributed by atoms with Crippen LogP contribution in [-0.4, -0.2) is 143 Å². The van der Waals surface area contributed by atoms with Gasteiger partial charge >= 0.3 is 5.97 Å². The molecule has 1 unspecified atom stereocenters. The van der Waals surface area contributed by atoms with Gasteiger partial charge in [-0.15, -0.1) is 0 Å². The zero-order valence-corrected chi connectivity index (χ0v) is 33.5. The number of Topliss-reactive ketones (excluding diaryl/α,β-unsaturated/α-hetero) is 1. The zero-order chi connectivity index (χ0) is 39.0. The Balaban J connectivity index is 2.28. The minimum atomic E-state index is -1.94. The Labute approximate surface area is 305 Å². The van der Waals surface area contributed by atoms with Crippen molar-refractivity contribution < 1.29 is 58.4 Å². The van der Waals surface area contributed by atoms with Crippen LogP contribution in [0.2, 0.25) is 0 Å². The van der Waals surface area contributed by atoms with Crippen LogP contribution in [0.3, 0.4) is 0 Å². The summed E-state index contributed by atoms with van der Waals surface area (Å²) >= 11 is 0. The molecule has 51 heavy (non-hydrogen) atoms. The van der Waals surface area contributed by atoms with Crippen molar-refractivity contribution in [1.29, 1.82) is 0 Å². The van der Waals surface area contributed by atoms with E-state index in [1.807, 2.05) is 46.7 Å². The molecule has 3 fully saturated rings. The van der Waals surface area contributed by atoms with Crippen LogP contribution in [0.1, 0.15) is 94.9 Å². The van der Waals surface area contributed by atoms with Gasteiger partial charge in [0.1, 0.15) is 29.7 Å². The molecule has 0 aromatic rings. The normalized spacial score (nSPS) is 49.7. The molecule has 4 N–H and O–H groups in total. The van der Waals surface area contributed by atoms with Gasteiger partial charge in [0.25, 0.3) is 0 Å². The Bertz CT molecular complexity index is 1170. The first-order valence-electron chi connectivity index (χ1n) is 18.7. The van der Waals surface area contributed by atoms with Crippen LogP contribution in [0.5, 0.6) is 0 Å². The lowest BCUT2D eigenvalue weighted by Crippen LogP contribution is -2.62. The van der Waals surface area contributed by atoms with Crippen molar-refractivity contribution in [2.24, 2.45) is 29.6 Å². The molecule has 0 bridgehead atoms. The first-order chi connectivity index (χ1) is 23.5. The van der Waals surface area contributed by atoms with E-state index in [9.17, 15) is 30.0 Å². The van der Waals surface area contributed by atoms with Crippen molar-refractivity contribution in [3.8, 4) is 0 Å². The van der Waals surface area contributed by atoms with Crippen molar-refractivity contribution in [3.63, 3.8) is 0 Å². The minimum Gasteiger partial charge on any atom is -0.459 e. The monoisotopic (exact) mass is 731 g/mol. The molecule has 3 aliphatic heterocycles. The molecular weight excluding hydrogens is 662 g/mol. The fraction of sp³-hybridized carbons (Fsp3) is 0.947. The number of aliphatic hydroxyl groups excluding tert-OH is 3. The van der Waals surface area contributed by atoms with Crippen molar-refractivity contribution in [3.05, 3.63) is 0 Å². The number of methoxy groups -OCH3 is 2. The number of carbonyl (C=O) groups is 2. The zero-order valence-electron chi connectivity index (χ0n) is 33.5. The molecule has 13 nitrogen and oxygen atoms in total. The van der Waals surface area contributed by atoms with Crippen molar-refractivity contribution >= 4 is 11.8 Å². The largest absolute Gasteiger partial charge is 0.459 e. The highest BCUT2D eigenvalue weighted by Crippen LogP contribution is 2.46. The predicted molar refractivity (Wildman–Crippen MR) is 190 cm³/mol. The maximum absolute atomic E-state index is 14.3. The molecule has 18 atom stereocenters. The molecule has 3 saturated heterocycles. The number of aliphatic hydroxyl groups is 4. The van der Waals surface area contributed by atoms with Crippen molar-refractivity contribution in [2.45, 2.75) is 173 Å². The summed E-state index contributed by atoms with van der Waals surface area (Å²) in [6, 6.07) is -0.265. The number of cyclic esters (lactones) is 1. The number of likely N-dealkylation sites (N-methyl/N-ethyl adjacent to an activating group) is 1. The molecule has 0 aliphatic carbocycles. The molecule has 3 rings (SSSR count). The Morgan fingerprint density at radius 3 is 1.98 bits per heavy atom. The first-order valence-corrected chi connectivity index (χ1v) is 18.7. The highest BCUT2D eigenvalue weighted by Gasteiger charge is 2.56. The van der Waals surface area contributed by atoms with E-state index in [0.717, 1.165) is 0 Å². The van der Waals surface area contributed by atoms with Crippen LogP contribution < -0.4 is 0 Å². The third-order valence-corrected chi connectivity index (χ3v) is 12.6. The van der Waals surface area contributed by atoms with Crippen LogP contribution >= 0.6 is 0 Å². The maximum atomic E-state index is 14.3. The van der Waals surface area contributed by atoms with Crippen molar-refractivity contribution in [2.75, 3.05) is 28.3 Å². The average Bonchev–Trinajstić information content (AvgIpc) is 3.07. The highest BCUT2D eigenvalue weighted by atomic mass is 16.7. The summed E-state index contributed by atoms with van der Waals surface area (Å²) in [5, 5.41) is 45.9. The highest BCUT2D eigenvalue weighted by molar-refractivity contribution is 5.83. The van der Waals surface area contributed by atoms with Gasteiger partial charge < -0.3 is 53.7 Å². The van der Waals surface area contributed by atoms with E-state index in [1.165, 1.54) is 21.1 Å². The number of hydrogen-bond donors (Lipinski definition) is 4. The number of rotatable bonds is 7. The predicted octanol–water partition coefficient (Wildman–Crippen LogP) is 2.71. The lowest BCUT2D eigenvalue weighted by molar-refractivity contribution is -0.304. The van der Waals surface area contributed by atoms with E-state index < -0.39 is 101 Å². The second-order valence-electron chi connectivity index (χ2n) is 16.7. The van der Waals surface area contributed by atoms with Gasteiger partial charge in [0.2, 0.25) is 0 Å². The van der Waals surface area contributed by atoms with Crippen LogP contribution in [-0.2, 0) is 38.0 Å². The molecular formula is C38H69NO12. The Kier molecular flexibility index (Phi) is 14.7. The number of esters is 1. The minimum absolute atomic E-state index is 0.144. The van der Waals surface area contributed by atoms with Crippen LogP contribution in [0.4, 0.5) is 0 Å². The lowest BCUT2D eigenvalue weighted by atomic mass is 9.67. The number of hydrogen-bond acceptors (Lipinski definition) is 13. The first kappa shape index (κ1) is 44.1. The van der Waals surface area contributed by atoms with Gasteiger partial charge in [0.15, 0.2) is 6.29 Å². The average molecular weight is 732 g/mol. The fourth-order valence-electron chi connectivity index (χ4n) is 9.13. The maximum Gasteiger partial charge on any atom is 0.309 e. The summed E-state index contributed by atoms with van der Waals surface area (Å²) < 4.78 is 37.9. The summed E-state index contributed by atoms with van der Waals surface area (Å²) in [5.41, 5.74) is -4.16. The summed E-state index contributed by atoms with van der Waals surface area (Å²) in [6.07, 6.45) is -7.05. The quantitative estimate of drug-likeness (QED) is 0.282. The third-order valence-electron chi connectivity index (χ3n) is 12.6. The van der Waals surface area contributed by atoms with E-state index >= 15 is 0 Å².